The molecule has 0 aliphatic rings. The Morgan fingerprint density at radius 1 is 1.13 bits per heavy atom. The molecule has 0 atom stereocenters. The molecule has 0 saturated carbocycles. The van der Waals surface area contributed by atoms with Crippen molar-refractivity contribution in [3.8, 4) is 0 Å². The van der Waals surface area contributed by atoms with E-state index in [0.29, 0.717) is 35.6 Å². The summed E-state index contributed by atoms with van der Waals surface area (Å²) in [4.78, 5) is 42.4. The highest BCUT2D eigenvalue weighted by molar-refractivity contribution is 6.01. The maximum absolute atomic E-state index is 12.5. The molecule has 0 aliphatic carbocycles. The van der Waals surface area contributed by atoms with Crippen LogP contribution in [0, 0.1) is 13.8 Å². The van der Waals surface area contributed by atoms with Crippen LogP contribution in [0.3, 0.4) is 0 Å². The van der Waals surface area contributed by atoms with Crippen LogP contribution in [0.25, 0.3) is 0 Å². The summed E-state index contributed by atoms with van der Waals surface area (Å²) >= 11 is 0. The zero-order chi connectivity index (χ0) is 17.7. The lowest BCUT2D eigenvalue weighted by Gasteiger charge is -2.23. The number of hydrogen-bond donors (Lipinski definition) is 1. The fourth-order valence-electron chi connectivity index (χ4n) is 2.51. The molecule has 23 heavy (non-hydrogen) atoms. The molecule has 0 unspecified atom stereocenters. The van der Waals surface area contributed by atoms with Crippen molar-refractivity contribution >= 4 is 17.8 Å². The van der Waals surface area contributed by atoms with E-state index < -0.39 is 5.97 Å². The van der Waals surface area contributed by atoms with E-state index in [1.165, 1.54) is 12.0 Å². The number of hydrogen-bond acceptors (Lipinski definition) is 4. The van der Waals surface area contributed by atoms with Crippen LogP contribution in [0.4, 0.5) is 0 Å². The van der Waals surface area contributed by atoms with E-state index in [2.05, 4.69) is 4.98 Å². The molecule has 1 rings (SSSR count). The van der Waals surface area contributed by atoms with E-state index >= 15 is 0 Å². The summed E-state index contributed by atoms with van der Waals surface area (Å²) in [5, 5.41) is 0. The minimum absolute atomic E-state index is 0.00835. The number of aryl methyl sites for hydroxylation is 1. The molecule has 1 N–H and O–H groups in total. The molecule has 0 aromatic carbocycles. The van der Waals surface area contributed by atoms with Gasteiger partial charge in [0, 0.05) is 25.8 Å². The Kier molecular flexibility index (Phi) is 6.36. The molecule has 0 bridgehead atoms. The van der Waals surface area contributed by atoms with Crippen molar-refractivity contribution < 1.29 is 19.1 Å². The van der Waals surface area contributed by atoms with Gasteiger partial charge in [0.15, 0.2) is 0 Å². The van der Waals surface area contributed by atoms with Gasteiger partial charge in [-0.25, -0.2) is 4.79 Å². The Balaban J connectivity index is 2.98. The third-order valence-corrected chi connectivity index (χ3v) is 3.88. The number of carbonyl (C=O) groups excluding carboxylic acids is 3. The minimum atomic E-state index is -0.489. The number of aromatic nitrogens is 1. The Morgan fingerprint density at radius 2 is 1.70 bits per heavy atom. The number of nitrogens with one attached hydrogen (secondary N) is 1. The number of aromatic amines is 1. The van der Waals surface area contributed by atoms with Gasteiger partial charge in [-0.2, -0.15) is 0 Å². The number of methoxy groups -OCH3 is 1. The molecule has 1 aromatic rings. The third-order valence-electron chi connectivity index (χ3n) is 3.88. The average Bonchev–Trinajstić information content (AvgIpc) is 2.81. The van der Waals surface area contributed by atoms with Crippen LogP contribution in [0.2, 0.25) is 0 Å². The average molecular weight is 323 g/mol. The van der Waals surface area contributed by atoms with Gasteiger partial charge < -0.3 is 19.5 Å². The Hall–Kier alpha value is -2.31. The Morgan fingerprint density at radius 3 is 2.17 bits per heavy atom. The van der Waals surface area contributed by atoms with Crippen molar-refractivity contribution in [3.63, 3.8) is 0 Å². The van der Waals surface area contributed by atoms with Crippen LogP contribution in [0.15, 0.2) is 0 Å². The molecular weight excluding hydrogens is 298 g/mol. The predicted molar refractivity (Wildman–Crippen MR) is 86.5 cm³/mol. The molecule has 0 fully saturated rings. The molecule has 0 spiro atoms. The molecule has 0 saturated heterocycles. The van der Waals surface area contributed by atoms with Gasteiger partial charge in [0.1, 0.15) is 5.69 Å². The molecule has 0 aliphatic heterocycles. The van der Waals surface area contributed by atoms with Gasteiger partial charge in [-0.15, -0.1) is 0 Å². The second kappa shape index (κ2) is 7.80. The predicted octanol–water partition coefficient (Wildman–Crippen LogP) is 1.36. The maximum atomic E-state index is 12.5. The molecular formula is C16H25N3O4. The summed E-state index contributed by atoms with van der Waals surface area (Å²) in [7, 11) is 2.86. The first-order valence-corrected chi connectivity index (χ1v) is 7.59. The van der Waals surface area contributed by atoms with Gasteiger partial charge in [0.05, 0.1) is 19.2 Å². The number of likely N-dealkylation sites (N-methyl/N-ethyl adjacent to an activating group) is 2. The molecule has 7 nitrogen and oxygen atoms in total. The first-order valence-electron chi connectivity index (χ1n) is 7.59. The molecule has 1 heterocycles. The van der Waals surface area contributed by atoms with E-state index in [9.17, 15) is 14.4 Å². The molecule has 1 aromatic heterocycles. The number of esters is 1. The van der Waals surface area contributed by atoms with E-state index in [4.69, 9.17) is 4.74 Å². The topological polar surface area (TPSA) is 82.7 Å². The largest absolute Gasteiger partial charge is 0.465 e. The number of nitrogens with zero attached hydrogens (tertiary/aromatic N) is 2. The lowest BCUT2D eigenvalue weighted by atomic mass is 10.1. The lowest BCUT2D eigenvalue weighted by Crippen LogP contribution is -2.41. The molecule has 0 radical (unpaired) electrons. The summed E-state index contributed by atoms with van der Waals surface area (Å²) in [6.45, 7) is 8.37. The van der Waals surface area contributed by atoms with Gasteiger partial charge in [0.25, 0.3) is 5.91 Å². The molecule has 2 amide bonds. The van der Waals surface area contributed by atoms with Gasteiger partial charge in [-0.1, -0.05) is 0 Å². The zero-order valence-electron chi connectivity index (χ0n) is 14.6. The second-order valence-corrected chi connectivity index (χ2v) is 5.34. The summed E-state index contributed by atoms with van der Waals surface area (Å²) in [6, 6.07) is 0. The second-order valence-electron chi connectivity index (χ2n) is 5.34. The van der Waals surface area contributed by atoms with Crippen LogP contribution >= 0.6 is 0 Å². The fraction of sp³-hybridized carbons (Fsp3) is 0.562. The lowest BCUT2D eigenvalue weighted by molar-refractivity contribution is -0.131. The van der Waals surface area contributed by atoms with Gasteiger partial charge in [-0.05, 0) is 33.3 Å². The van der Waals surface area contributed by atoms with Crippen LogP contribution in [0.1, 0.15) is 46.0 Å². The summed E-state index contributed by atoms with van der Waals surface area (Å²) in [5.74, 6) is -0.932. The van der Waals surface area contributed by atoms with Crippen LogP contribution in [0.5, 0.6) is 0 Å². The third kappa shape index (κ3) is 3.91. The highest BCUT2D eigenvalue weighted by Gasteiger charge is 2.25. The van der Waals surface area contributed by atoms with E-state index in [0.717, 1.165) is 0 Å². The van der Waals surface area contributed by atoms with Crippen molar-refractivity contribution in [1.29, 1.82) is 0 Å². The standard InChI is InChI=1S/C16H25N3O4/c1-7-19(8-2)12(20)9-18(5)15(21)14-10(3)13(11(4)17-14)16(22)23-6/h17H,7-9H2,1-6H3. The maximum Gasteiger partial charge on any atom is 0.339 e. The quantitative estimate of drug-likeness (QED) is 0.801. The monoisotopic (exact) mass is 323 g/mol. The normalized spacial score (nSPS) is 10.3. The summed E-state index contributed by atoms with van der Waals surface area (Å²) in [6.07, 6.45) is 0. The van der Waals surface area contributed by atoms with Crippen molar-refractivity contribution in [1.82, 2.24) is 14.8 Å². The van der Waals surface area contributed by atoms with Gasteiger partial charge in [0.2, 0.25) is 5.91 Å². The number of ether oxygens (including phenoxy) is 1. The van der Waals surface area contributed by atoms with Gasteiger partial charge in [-0.3, -0.25) is 9.59 Å². The van der Waals surface area contributed by atoms with Crippen LogP contribution in [-0.4, -0.2) is 66.4 Å². The number of H-pyrrole nitrogens is 1. The molecule has 7 heteroatoms. The van der Waals surface area contributed by atoms with Crippen LogP contribution in [-0.2, 0) is 9.53 Å². The first-order chi connectivity index (χ1) is 10.8. The van der Waals surface area contributed by atoms with Crippen molar-refractivity contribution in [2.75, 3.05) is 33.8 Å². The van der Waals surface area contributed by atoms with Crippen molar-refractivity contribution in [2.24, 2.45) is 0 Å². The highest BCUT2D eigenvalue weighted by atomic mass is 16.5. The summed E-state index contributed by atoms with van der Waals surface area (Å²) < 4.78 is 4.73. The zero-order valence-corrected chi connectivity index (χ0v) is 14.6. The van der Waals surface area contributed by atoms with E-state index in [1.807, 2.05) is 13.8 Å². The summed E-state index contributed by atoms with van der Waals surface area (Å²) in [5.41, 5.74) is 1.76. The smallest absolute Gasteiger partial charge is 0.339 e. The van der Waals surface area contributed by atoms with E-state index in [1.54, 1.807) is 25.8 Å². The first kappa shape index (κ1) is 18.7. The fourth-order valence-corrected chi connectivity index (χ4v) is 2.51. The molecule has 128 valence electrons. The minimum Gasteiger partial charge on any atom is -0.465 e. The number of amides is 2. The highest BCUT2D eigenvalue weighted by Crippen LogP contribution is 2.20. The van der Waals surface area contributed by atoms with Crippen molar-refractivity contribution in [3.05, 3.63) is 22.5 Å². The number of rotatable bonds is 6. The van der Waals surface area contributed by atoms with E-state index in [-0.39, 0.29) is 18.4 Å². The van der Waals surface area contributed by atoms with Crippen molar-refractivity contribution in [2.45, 2.75) is 27.7 Å². The van der Waals surface area contributed by atoms with Gasteiger partial charge >= 0.3 is 5.97 Å². The van der Waals surface area contributed by atoms with Crippen LogP contribution < -0.4 is 0 Å². The number of carbonyl (C=O) groups is 3. The Labute approximate surface area is 136 Å². The Bertz CT molecular complexity index is 603. The SMILES string of the molecule is CCN(CC)C(=O)CN(C)C(=O)c1[nH]c(C)c(C(=O)OC)c1C.